The highest BCUT2D eigenvalue weighted by Gasteiger charge is 2.19. The lowest BCUT2D eigenvalue weighted by molar-refractivity contribution is -0.119. The average Bonchev–Trinajstić information content (AvgIpc) is 2.97. The van der Waals surface area contributed by atoms with Crippen LogP contribution >= 0.6 is 11.8 Å². The minimum absolute atomic E-state index is 0.398. The molecule has 0 bridgehead atoms. The maximum Gasteiger partial charge on any atom is 0.325 e. The standard InChI is InChI=1S/C16H21N5O2S/c1-5-13-18-16(21-20-13)24-11(4)14(22)19-15(23)17-12-7-6-9(2)8-10(12)3/h6-8,11H,5H2,1-4H3,(H,18,20,21)(H2,17,19,22,23). The van der Waals surface area contributed by atoms with Crippen LogP contribution in [0.5, 0.6) is 0 Å². The van der Waals surface area contributed by atoms with Gasteiger partial charge in [0.05, 0.1) is 5.25 Å². The number of carbonyl (C=O) groups excluding carboxylic acids is 2. The maximum absolute atomic E-state index is 12.1. The summed E-state index contributed by atoms with van der Waals surface area (Å²) in [6.07, 6.45) is 0.743. The first-order valence-electron chi connectivity index (χ1n) is 7.66. The van der Waals surface area contributed by atoms with Gasteiger partial charge in [-0.2, -0.15) is 0 Å². The second-order valence-corrected chi connectivity index (χ2v) is 6.75. The highest BCUT2D eigenvalue weighted by Crippen LogP contribution is 2.19. The normalized spacial score (nSPS) is 11.8. The molecule has 0 saturated carbocycles. The zero-order chi connectivity index (χ0) is 17.7. The molecule has 7 nitrogen and oxygen atoms in total. The number of aromatic amines is 1. The van der Waals surface area contributed by atoms with Crippen LogP contribution in [0.2, 0.25) is 0 Å². The Hall–Kier alpha value is -2.35. The molecule has 0 spiro atoms. The molecule has 0 aliphatic heterocycles. The first kappa shape index (κ1) is 18.0. The van der Waals surface area contributed by atoms with Gasteiger partial charge in [-0.3, -0.25) is 15.2 Å². The molecule has 8 heteroatoms. The molecule has 0 radical (unpaired) electrons. The molecule has 1 heterocycles. The van der Waals surface area contributed by atoms with Gasteiger partial charge in [0, 0.05) is 12.1 Å². The van der Waals surface area contributed by atoms with E-state index in [1.807, 2.05) is 39.0 Å². The number of anilines is 1. The van der Waals surface area contributed by atoms with Crippen molar-refractivity contribution in [3.05, 3.63) is 35.2 Å². The van der Waals surface area contributed by atoms with Gasteiger partial charge in [0.1, 0.15) is 5.82 Å². The van der Waals surface area contributed by atoms with E-state index < -0.39 is 17.2 Å². The third-order valence-electron chi connectivity index (χ3n) is 3.36. The molecule has 2 aromatic rings. The summed E-state index contributed by atoms with van der Waals surface area (Å²) in [5, 5.41) is 11.8. The van der Waals surface area contributed by atoms with E-state index >= 15 is 0 Å². The van der Waals surface area contributed by atoms with Crippen LogP contribution in [0, 0.1) is 13.8 Å². The van der Waals surface area contributed by atoms with Gasteiger partial charge in [0.15, 0.2) is 0 Å². The smallest absolute Gasteiger partial charge is 0.307 e. The molecule has 3 amide bonds. The van der Waals surface area contributed by atoms with Crippen molar-refractivity contribution < 1.29 is 9.59 Å². The summed E-state index contributed by atoms with van der Waals surface area (Å²) in [4.78, 5) is 28.3. The van der Waals surface area contributed by atoms with Crippen LogP contribution in [-0.4, -0.2) is 32.4 Å². The van der Waals surface area contributed by atoms with E-state index in [4.69, 9.17) is 0 Å². The Morgan fingerprint density at radius 3 is 2.71 bits per heavy atom. The van der Waals surface area contributed by atoms with Crippen molar-refractivity contribution >= 4 is 29.4 Å². The number of aromatic nitrogens is 3. The Morgan fingerprint density at radius 2 is 2.08 bits per heavy atom. The average molecular weight is 347 g/mol. The van der Waals surface area contributed by atoms with Crippen LogP contribution in [0.25, 0.3) is 0 Å². The summed E-state index contributed by atoms with van der Waals surface area (Å²) in [7, 11) is 0. The van der Waals surface area contributed by atoms with E-state index in [0.29, 0.717) is 10.8 Å². The van der Waals surface area contributed by atoms with E-state index in [1.54, 1.807) is 6.92 Å². The molecule has 1 aromatic carbocycles. The molecule has 0 fully saturated rings. The van der Waals surface area contributed by atoms with Gasteiger partial charge in [-0.15, -0.1) is 5.10 Å². The second kappa shape index (κ2) is 7.96. The number of aryl methyl sites for hydroxylation is 3. The number of imide groups is 1. The van der Waals surface area contributed by atoms with Crippen LogP contribution < -0.4 is 10.6 Å². The fourth-order valence-electron chi connectivity index (χ4n) is 2.02. The van der Waals surface area contributed by atoms with Crippen LogP contribution in [0.15, 0.2) is 23.4 Å². The summed E-state index contributed by atoms with van der Waals surface area (Å²) in [6, 6.07) is 5.12. The van der Waals surface area contributed by atoms with Gasteiger partial charge in [-0.05, 0) is 32.4 Å². The minimum Gasteiger partial charge on any atom is -0.307 e. The van der Waals surface area contributed by atoms with Crippen LogP contribution in [0.3, 0.4) is 0 Å². The lowest BCUT2D eigenvalue weighted by atomic mass is 10.1. The van der Waals surface area contributed by atoms with Crippen molar-refractivity contribution in [3.8, 4) is 0 Å². The molecule has 0 aliphatic rings. The van der Waals surface area contributed by atoms with Gasteiger partial charge in [0.25, 0.3) is 0 Å². The summed E-state index contributed by atoms with van der Waals surface area (Å²) < 4.78 is 0. The molecule has 128 valence electrons. The minimum atomic E-state index is -0.552. The Bertz CT molecular complexity index is 744. The Morgan fingerprint density at radius 1 is 1.33 bits per heavy atom. The van der Waals surface area contributed by atoms with E-state index in [1.165, 1.54) is 11.8 Å². The first-order valence-corrected chi connectivity index (χ1v) is 8.54. The van der Waals surface area contributed by atoms with Crippen molar-refractivity contribution in [2.45, 2.75) is 44.5 Å². The number of nitrogens with zero attached hydrogens (tertiary/aromatic N) is 2. The van der Waals surface area contributed by atoms with Gasteiger partial charge in [0.2, 0.25) is 11.1 Å². The van der Waals surface area contributed by atoms with Crippen LogP contribution in [0.1, 0.15) is 30.8 Å². The number of hydrogen-bond donors (Lipinski definition) is 3. The molecule has 1 atom stereocenters. The molecular formula is C16H21N5O2S. The van der Waals surface area contributed by atoms with Crippen molar-refractivity contribution in [1.29, 1.82) is 0 Å². The van der Waals surface area contributed by atoms with E-state index in [9.17, 15) is 9.59 Å². The number of rotatable bonds is 5. The number of thioether (sulfide) groups is 1. The Balaban J connectivity index is 1.89. The second-order valence-electron chi connectivity index (χ2n) is 5.44. The monoisotopic (exact) mass is 347 g/mol. The topological polar surface area (TPSA) is 99.8 Å². The molecular weight excluding hydrogens is 326 g/mol. The van der Waals surface area contributed by atoms with Gasteiger partial charge in [-0.25, -0.2) is 9.78 Å². The quantitative estimate of drug-likeness (QED) is 0.722. The maximum atomic E-state index is 12.1. The number of H-pyrrole nitrogens is 1. The fraction of sp³-hybridized carbons (Fsp3) is 0.375. The van der Waals surface area contributed by atoms with Crippen molar-refractivity contribution in [3.63, 3.8) is 0 Å². The molecule has 0 aliphatic carbocycles. The number of amides is 3. The number of benzene rings is 1. The van der Waals surface area contributed by atoms with E-state index in [0.717, 1.165) is 23.4 Å². The molecule has 1 unspecified atom stereocenters. The van der Waals surface area contributed by atoms with Crippen LogP contribution in [-0.2, 0) is 11.2 Å². The molecule has 2 rings (SSSR count). The first-order chi connectivity index (χ1) is 11.4. The molecule has 24 heavy (non-hydrogen) atoms. The molecule has 3 N–H and O–H groups in total. The zero-order valence-corrected chi connectivity index (χ0v) is 15.0. The lowest BCUT2D eigenvalue weighted by Gasteiger charge is -2.12. The van der Waals surface area contributed by atoms with E-state index in [2.05, 4.69) is 25.8 Å². The fourth-order valence-corrected chi connectivity index (χ4v) is 2.76. The molecule has 0 saturated heterocycles. The van der Waals surface area contributed by atoms with Crippen LogP contribution in [0.4, 0.5) is 10.5 Å². The zero-order valence-electron chi connectivity index (χ0n) is 14.1. The van der Waals surface area contributed by atoms with Crippen molar-refractivity contribution in [1.82, 2.24) is 20.5 Å². The third kappa shape index (κ3) is 4.82. The number of carbonyl (C=O) groups is 2. The van der Waals surface area contributed by atoms with Crippen molar-refractivity contribution in [2.75, 3.05) is 5.32 Å². The summed E-state index contributed by atoms with van der Waals surface area (Å²) >= 11 is 1.20. The summed E-state index contributed by atoms with van der Waals surface area (Å²) in [6.45, 7) is 7.54. The number of nitrogens with one attached hydrogen (secondary N) is 3. The van der Waals surface area contributed by atoms with E-state index in [-0.39, 0.29) is 0 Å². The Labute approximate surface area is 145 Å². The SMILES string of the molecule is CCc1nc(SC(C)C(=O)NC(=O)Nc2ccc(C)cc2C)n[nH]1. The molecule has 1 aromatic heterocycles. The number of urea groups is 1. The van der Waals surface area contributed by atoms with Gasteiger partial charge >= 0.3 is 6.03 Å². The number of hydrogen-bond acceptors (Lipinski definition) is 5. The highest BCUT2D eigenvalue weighted by atomic mass is 32.2. The predicted octanol–water partition coefficient (Wildman–Crippen LogP) is 2.81. The summed E-state index contributed by atoms with van der Waals surface area (Å²) in [5.41, 5.74) is 2.72. The largest absolute Gasteiger partial charge is 0.325 e. The predicted molar refractivity (Wildman–Crippen MR) is 94.2 cm³/mol. The third-order valence-corrected chi connectivity index (χ3v) is 4.33. The van der Waals surface area contributed by atoms with Crippen molar-refractivity contribution in [2.24, 2.45) is 0 Å². The summed E-state index contributed by atoms with van der Waals surface area (Å²) in [5.74, 6) is 0.364. The van der Waals surface area contributed by atoms with Gasteiger partial charge in [-0.1, -0.05) is 36.4 Å². The highest BCUT2D eigenvalue weighted by molar-refractivity contribution is 8.00. The van der Waals surface area contributed by atoms with Gasteiger partial charge < -0.3 is 5.32 Å². The lowest BCUT2D eigenvalue weighted by Crippen LogP contribution is -2.39. The Kier molecular flexibility index (Phi) is 5.97.